The van der Waals surface area contributed by atoms with Crippen molar-refractivity contribution in [3.8, 4) is 0 Å². The van der Waals surface area contributed by atoms with Gasteiger partial charge in [-0.3, -0.25) is 0 Å². The van der Waals surface area contributed by atoms with E-state index in [2.05, 4.69) is 120 Å². The van der Waals surface area contributed by atoms with Crippen molar-refractivity contribution in [1.82, 2.24) is 0 Å². The van der Waals surface area contributed by atoms with Crippen molar-refractivity contribution in [2.75, 3.05) is 10.6 Å². The highest BCUT2D eigenvalue weighted by Crippen LogP contribution is 2.33. The van der Waals surface area contributed by atoms with Crippen molar-refractivity contribution in [3.63, 3.8) is 0 Å². The lowest BCUT2D eigenvalue weighted by molar-refractivity contribution is 0.855. The quantitative estimate of drug-likeness (QED) is 0.324. The first-order chi connectivity index (χ1) is 16.8. The number of fused-ring (bicyclic) bond motifs is 2. The third kappa shape index (κ3) is 4.15. The Labute approximate surface area is 201 Å². The zero-order valence-electron chi connectivity index (χ0n) is 19.2. The molecule has 0 atom stereocenters. The summed E-state index contributed by atoms with van der Waals surface area (Å²) in [5.41, 5.74) is 7.86. The van der Waals surface area contributed by atoms with Crippen LogP contribution in [0.1, 0.15) is 25.7 Å². The minimum Gasteiger partial charge on any atom is -0.358 e. The van der Waals surface area contributed by atoms with Gasteiger partial charge >= 0.3 is 0 Å². The monoisotopic (exact) mass is 440 g/mol. The smallest absolute Gasteiger partial charge is 0.0461 e. The van der Waals surface area contributed by atoms with Gasteiger partial charge in [0.25, 0.3) is 0 Å². The Morgan fingerprint density at radius 3 is 1.29 bits per heavy atom. The van der Waals surface area contributed by atoms with E-state index in [4.69, 9.17) is 0 Å². The standard InChI is InChI=1S/C32H28N2/c1-3-11-29-25(7-1)9-5-13-31(29)33-27-19-15-23(16-20-27)24-17-21-28(22-18-24)34-32-14-6-10-26-8-2-4-12-30(26)32/h1-15,17,19,21,33-34H,16,18,20,22H2. The molecule has 4 aromatic rings. The minimum atomic E-state index is 1.04. The van der Waals surface area contributed by atoms with Crippen molar-refractivity contribution < 1.29 is 0 Å². The van der Waals surface area contributed by atoms with Gasteiger partial charge in [0.05, 0.1) is 0 Å². The van der Waals surface area contributed by atoms with Gasteiger partial charge in [-0.1, -0.05) is 84.9 Å². The molecule has 0 fully saturated rings. The normalized spacial score (nSPS) is 15.9. The summed E-state index contributed by atoms with van der Waals surface area (Å²) in [5, 5.41) is 12.4. The molecule has 0 saturated carbocycles. The van der Waals surface area contributed by atoms with Crippen molar-refractivity contribution in [3.05, 3.63) is 132 Å². The molecule has 0 spiro atoms. The van der Waals surface area contributed by atoms with Gasteiger partial charge in [-0.15, -0.1) is 0 Å². The van der Waals surface area contributed by atoms with Crippen LogP contribution < -0.4 is 10.6 Å². The Morgan fingerprint density at radius 2 is 0.853 bits per heavy atom. The van der Waals surface area contributed by atoms with E-state index < -0.39 is 0 Å². The molecule has 2 N–H and O–H groups in total. The molecule has 0 amide bonds. The molecule has 2 aliphatic rings. The second-order valence-corrected chi connectivity index (χ2v) is 9.07. The maximum Gasteiger partial charge on any atom is 0.0461 e. The largest absolute Gasteiger partial charge is 0.358 e. The number of allylic oxidation sites excluding steroid dienone is 8. The molecule has 0 aromatic heterocycles. The van der Waals surface area contributed by atoms with Crippen molar-refractivity contribution in [2.45, 2.75) is 25.7 Å². The highest BCUT2D eigenvalue weighted by molar-refractivity contribution is 5.95. The predicted octanol–water partition coefficient (Wildman–Crippen LogP) is 8.73. The Hall–Kier alpha value is -4.04. The highest BCUT2D eigenvalue weighted by atomic mass is 14.9. The number of hydrogen-bond donors (Lipinski definition) is 2. The Kier molecular flexibility index (Phi) is 5.48. The van der Waals surface area contributed by atoms with Gasteiger partial charge in [0.1, 0.15) is 0 Å². The van der Waals surface area contributed by atoms with E-state index in [1.807, 2.05) is 0 Å². The fourth-order valence-electron chi connectivity index (χ4n) is 5.03. The average molecular weight is 441 g/mol. The lowest BCUT2D eigenvalue weighted by Gasteiger charge is -2.22. The molecule has 34 heavy (non-hydrogen) atoms. The van der Waals surface area contributed by atoms with E-state index in [0.717, 1.165) is 25.7 Å². The molecule has 0 unspecified atom stereocenters. The summed E-state index contributed by atoms with van der Waals surface area (Å²) >= 11 is 0. The highest BCUT2D eigenvalue weighted by Gasteiger charge is 2.15. The number of rotatable bonds is 5. The van der Waals surface area contributed by atoms with E-state index in [0.29, 0.717) is 0 Å². The topological polar surface area (TPSA) is 24.1 Å². The second-order valence-electron chi connectivity index (χ2n) is 9.07. The molecule has 2 nitrogen and oxygen atoms in total. The van der Waals surface area contributed by atoms with Gasteiger partial charge in [-0.2, -0.15) is 0 Å². The zero-order chi connectivity index (χ0) is 22.7. The summed E-state index contributed by atoms with van der Waals surface area (Å²) < 4.78 is 0. The van der Waals surface area contributed by atoms with Crippen molar-refractivity contribution >= 4 is 32.9 Å². The van der Waals surface area contributed by atoms with E-state index in [-0.39, 0.29) is 0 Å². The summed E-state index contributed by atoms with van der Waals surface area (Å²) in [6.07, 6.45) is 13.4. The van der Waals surface area contributed by atoms with Crippen LogP contribution in [0.5, 0.6) is 0 Å². The molecule has 166 valence electrons. The van der Waals surface area contributed by atoms with Crippen LogP contribution in [0.4, 0.5) is 11.4 Å². The summed E-state index contributed by atoms with van der Waals surface area (Å²) in [7, 11) is 0. The molecule has 4 aromatic carbocycles. The fourth-order valence-corrected chi connectivity index (χ4v) is 5.03. The number of anilines is 2. The van der Waals surface area contributed by atoms with Gasteiger partial charge < -0.3 is 10.6 Å². The van der Waals surface area contributed by atoms with Crippen LogP contribution in [-0.4, -0.2) is 0 Å². The summed E-state index contributed by atoms with van der Waals surface area (Å²) in [5.74, 6) is 0. The summed E-state index contributed by atoms with van der Waals surface area (Å²) in [4.78, 5) is 0. The Bertz CT molecular complexity index is 1370. The maximum atomic E-state index is 3.67. The SMILES string of the molecule is C1=C(Nc2cccc3ccccc23)CCC(C2=CC=C(Nc3cccc4ccccc34)CC2)=C1. The van der Waals surface area contributed by atoms with Crippen LogP contribution in [0.15, 0.2) is 132 Å². The van der Waals surface area contributed by atoms with Crippen LogP contribution in [0.25, 0.3) is 21.5 Å². The van der Waals surface area contributed by atoms with Gasteiger partial charge in [0.15, 0.2) is 0 Å². The molecule has 2 aliphatic carbocycles. The molecule has 0 bridgehead atoms. The third-order valence-corrected chi connectivity index (χ3v) is 6.88. The maximum absolute atomic E-state index is 3.67. The van der Waals surface area contributed by atoms with Gasteiger partial charge in [-0.25, -0.2) is 0 Å². The van der Waals surface area contributed by atoms with Crippen LogP contribution >= 0.6 is 0 Å². The molecule has 6 rings (SSSR count). The van der Waals surface area contributed by atoms with Crippen LogP contribution in [0, 0.1) is 0 Å². The van der Waals surface area contributed by atoms with E-state index >= 15 is 0 Å². The third-order valence-electron chi connectivity index (χ3n) is 6.88. The Morgan fingerprint density at radius 1 is 0.412 bits per heavy atom. The lowest BCUT2D eigenvalue weighted by atomic mass is 9.89. The first-order valence-electron chi connectivity index (χ1n) is 12.1. The van der Waals surface area contributed by atoms with Crippen LogP contribution in [0.2, 0.25) is 0 Å². The first-order valence-corrected chi connectivity index (χ1v) is 12.1. The van der Waals surface area contributed by atoms with Gasteiger partial charge in [0.2, 0.25) is 0 Å². The molecular weight excluding hydrogens is 412 g/mol. The fraction of sp³-hybridized carbons (Fsp3) is 0.125. The lowest BCUT2D eigenvalue weighted by Crippen LogP contribution is -2.08. The molecule has 2 heteroatoms. The number of hydrogen-bond acceptors (Lipinski definition) is 2. The number of nitrogens with one attached hydrogen (secondary N) is 2. The number of benzene rings is 4. The van der Waals surface area contributed by atoms with Crippen molar-refractivity contribution in [1.29, 1.82) is 0 Å². The summed E-state index contributed by atoms with van der Waals surface area (Å²) in [6, 6.07) is 30.0. The first kappa shape index (κ1) is 20.6. The van der Waals surface area contributed by atoms with Crippen molar-refractivity contribution in [2.24, 2.45) is 0 Å². The molecule has 0 radical (unpaired) electrons. The summed E-state index contributed by atoms with van der Waals surface area (Å²) in [6.45, 7) is 0. The molecule has 0 heterocycles. The molecule has 0 saturated heterocycles. The molecule has 0 aliphatic heterocycles. The zero-order valence-corrected chi connectivity index (χ0v) is 19.2. The van der Waals surface area contributed by atoms with E-state index in [1.54, 1.807) is 0 Å². The van der Waals surface area contributed by atoms with Gasteiger partial charge in [0, 0.05) is 33.5 Å². The predicted molar refractivity (Wildman–Crippen MR) is 146 cm³/mol. The second kappa shape index (κ2) is 9.07. The van der Waals surface area contributed by atoms with Crippen LogP contribution in [0.3, 0.4) is 0 Å². The van der Waals surface area contributed by atoms with E-state index in [9.17, 15) is 0 Å². The minimum absolute atomic E-state index is 1.04. The average Bonchev–Trinajstić information content (AvgIpc) is 2.90. The molecular formula is C32H28N2. The van der Waals surface area contributed by atoms with Gasteiger partial charge in [-0.05, 0) is 71.9 Å². The van der Waals surface area contributed by atoms with Crippen LogP contribution in [-0.2, 0) is 0 Å². The van der Waals surface area contributed by atoms with E-state index in [1.165, 1.54) is 55.5 Å². The Balaban J connectivity index is 1.17.